The van der Waals surface area contributed by atoms with E-state index >= 15 is 0 Å². The molecule has 0 bridgehead atoms. The summed E-state index contributed by atoms with van der Waals surface area (Å²) in [7, 11) is 3.93. The van der Waals surface area contributed by atoms with Gasteiger partial charge in [-0.05, 0) is 76.9 Å². The van der Waals surface area contributed by atoms with Crippen LogP contribution < -0.4 is 16.0 Å². The molecule has 0 saturated heterocycles. The Labute approximate surface area is 248 Å². The number of para-hydroxylation sites is 1. The molecule has 5 rings (SSSR count). The first-order valence-electron chi connectivity index (χ1n) is 14.8. The molecule has 220 valence electrons. The van der Waals surface area contributed by atoms with Gasteiger partial charge >= 0.3 is 0 Å². The molecule has 9 heteroatoms. The number of likely N-dealkylation sites (N-methyl/N-ethyl adjacent to an activating group) is 1. The number of pyridine rings is 1. The van der Waals surface area contributed by atoms with Gasteiger partial charge in [0.1, 0.15) is 0 Å². The molecule has 9 nitrogen and oxygen atoms in total. The maximum atomic E-state index is 12.1. The molecule has 0 aliphatic heterocycles. The lowest BCUT2D eigenvalue weighted by atomic mass is 9.80. The summed E-state index contributed by atoms with van der Waals surface area (Å²) >= 11 is 0. The fourth-order valence-electron chi connectivity index (χ4n) is 5.65. The quantitative estimate of drug-likeness (QED) is 0.176. The third kappa shape index (κ3) is 7.40. The molecule has 1 aliphatic carbocycles. The molecule has 1 saturated carbocycles. The molecule has 0 unspecified atom stereocenters. The van der Waals surface area contributed by atoms with E-state index in [1.807, 2.05) is 49.5 Å². The van der Waals surface area contributed by atoms with E-state index in [-0.39, 0.29) is 17.5 Å². The number of H-pyrrole nitrogens is 1. The maximum absolute atomic E-state index is 12.1. The van der Waals surface area contributed by atoms with Crippen LogP contribution in [0.25, 0.3) is 22.2 Å². The van der Waals surface area contributed by atoms with Gasteiger partial charge < -0.3 is 25.8 Å². The van der Waals surface area contributed by atoms with Crippen LogP contribution in [0.1, 0.15) is 50.8 Å². The maximum Gasteiger partial charge on any atom is 0.248 e. The highest BCUT2D eigenvalue weighted by Crippen LogP contribution is 2.32. The molecule has 4 aromatic rings. The van der Waals surface area contributed by atoms with Crippen LogP contribution in [0.2, 0.25) is 0 Å². The third-order valence-electron chi connectivity index (χ3n) is 7.93. The van der Waals surface area contributed by atoms with Gasteiger partial charge in [-0.2, -0.15) is 0 Å². The van der Waals surface area contributed by atoms with Crippen molar-refractivity contribution >= 4 is 28.4 Å². The van der Waals surface area contributed by atoms with Crippen LogP contribution in [-0.4, -0.2) is 63.0 Å². The second-order valence-corrected chi connectivity index (χ2v) is 11.7. The van der Waals surface area contributed by atoms with Gasteiger partial charge in [-0.15, -0.1) is 0 Å². The molecule has 3 aromatic heterocycles. The number of carbonyl (C=O) groups excluding carboxylic acids is 1. The van der Waals surface area contributed by atoms with Crippen LogP contribution in [0.3, 0.4) is 0 Å². The highest BCUT2D eigenvalue weighted by atomic mass is 16.1. The monoisotopic (exact) mass is 566 g/mol. The number of hydrogen-bond acceptors (Lipinski definition) is 7. The highest BCUT2D eigenvalue weighted by Gasteiger charge is 2.32. The molecule has 1 amide bonds. The zero-order chi connectivity index (χ0) is 29.5. The summed E-state index contributed by atoms with van der Waals surface area (Å²) < 4.78 is 0. The zero-order valence-electron chi connectivity index (χ0n) is 25.1. The van der Waals surface area contributed by atoms with Crippen LogP contribution in [0, 0.1) is 0 Å². The Kier molecular flexibility index (Phi) is 9.29. The number of amides is 1. The number of carbonyl (C=O) groups is 1. The van der Waals surface area contributed by atoms with Gasteiger partial charge in [-0.25, -0.2) is 9.97 Å². The molecule has 0 spiro atoms. The third-order valence-corrected chi connectivity index (χ3v) is 7.93. The van der Waals surface area contributed by atoms with Crippen LogP contribution in [0.5, 0.6) is 0 Å². The van der Waals surface area contributed by atoms with Crippen LogP contribution >= 0.6 is 0 Å². The van der Waals surface area contributed by atoms with Crippen LogP contribution in [0.15, 0.2) is 67.1 Å². The average molecular weight is 567 g/mol. The summed E-state index contributed by atoms with van der Waals surface area (Å²) in [6.45, 7) is 5.81. The number of aryl methyl sites for hydroxylation is 1. The van der Waals surface area contributed by atoms with Crippen molar-refractivity contribution in [2.24, 2.45) is 0 Å². The van der Waals surface area contributed by atoms with Crippen molar-refractivity contribution in [3.05, 3.63) is 78.4 Å². The van der Waals surface area contributed by atoms with Crippen molar-refractivity contribution in [2.45, 2.75) is 64.1 Å². The summed E-state index contributed by atoms with van der Waals surface area (Å²) in [6, 6.07) is 12.5. The number of rotatable bonds is 11. The van der Waals surface area contributed by atoms with Crippen molar-refractivity contribution in [2.75, 3.05) is 31.3 Å². The Bertz CT molecular complexity index is 1530. The number of aromatic amines is 1. The predicted molar refractivity (Wildman–Crippen MR) is 170 cm³/mol. The van der Waals surface area contributed by atoms with E-state index in [4.69, 9.17) is 4.98 Å². The smallest absolute Gasteiger partial charge is 0.248 e. The standard InChI is InChI=1S/C33H42N8O/c1-5-23-19-36-32(40-31(23)28-22-35-29-12-7-6-11-27(28)29)39-24-10-8-16-33(2,18-24)37-21-25-14-15-26(20-34-25)38-30(42)13-9-17-41(3)4/h6-7,9,11-15,19-20,22,24,35,37H,5,8,10,16-18,21H2,1-4H3,(H,38,42)(H,36,39,40)/b13-9+/t24-,33+/m1/s1. The van der Waals surface area contributed by atoms with E-state index in [0.717, 1.165) is 66.7 Å². The van der Waals surface area contributed by atoms with E-state index in [2.05, 4.69) is 69.1 Å². The molecule has 1 fully saturated rings. The van der Waals surface area contributed by atoms with Crippen LogP contribution in [0.4, 0.5) is 11.6 Å². The fraction of sp³-hybridized carbons (Fsp3) is 0.394. The average Bonchev–Trinajstić information content (AvgIpc) is 3.41. The molecule has 42 heavy (non-hydrogen) atoms. The van der Waals surface area contributed by atoms with Crippen molar-refractivity contribution in [3.63, 3.8) is 0 Å². The SMILES string of the molecule is CCc1cnc(N[C@@H]2CCC[C@](C)(NCc3ccc(NC(=O)/C=C/CN(C)C)cn3)C2)nc1-c1c[nH]c2ccccc12. The van der Waals surface area contributed by atoms with Gasteiger partial charge in [0, 0.05) is 59.6 Å². The second-order valence-electron chi connectivity index (χ2n) is 11.7. The Hall–Kier alpha value is -4.08. The normalized spacial score (nSPS) is 19.0. The minimum atomic E-state index is -0.153. The lowest BCUT2D eigenvalue weighted by Crippen LogP contribution is -2.48. The summed E-state index contributed by atoms with van der Waals surface area (Å²) in [5.41, 5.74) is 5.94. The molecule has 3 heterocycles. The van der Waals surface area contributed by atoms with E-state index in [9.17, 15) is 4.79 Å². The van der Waals surface area contributed by atoms with E-state index in [0.29, 0.717) is 18.2 Å². The molecule has 4 N–H and O–H groups in total. The number of benzene rings is 1. The number of hydrogen-bond donors (Lipinski definition) is 4. The first-order chi connectivity index (χ1) is 20.3. The van der Waals surface area contributed by atoms with Gasteiger partial charge in [-0.3, -0.25) is 9.78 Å². The molecular formula is C33H42N8O. The minimum absolute atomic E-state index is 0.0370. The van der Waals surface area contributed by atoms with Gasteiger partial charge in [0.15, 0.2) is 0 Å². The summed E-state index contributed by atoms with van der Waals surface area (Å²) in [5, 5.41) is 11.4. The van der Waals surface area contributed by atoms with Gasteiger partial charge in [0.2, 0.25) is 11.9 Å². The summed E-state index contributed by atoms with van der Waals surface area (Å²) in [6.07, 6.45) is 14.2. The number of nitrogens with zero attached hydrogens (tertiary/aromatic N) is 4. The Morgan fingerprint density at radius 3 is 2.81 bits per heavy atom. The number of nitrogens with one attached hydrogen (secondary N) is 4. The Morgan fingerprint density at radius 2 is 2.02 bits per heavy atom. The molecular weight excluding hydrogens is 524 g/mol. The van der Waals surface area contributed by atoms with Crippen molar-refractivity contribution in [1.29, 1.82) is 0 Å². The fourth-order valence-corrected chi connectivity index (χ4v) is 5.65. The number of fused-ring (bicyclic) bond motifs is 1. The molecule has 1 aliphatic rings. The van der Waals surface area contributed by atoms with Crippen molar-refractivity contribution < 1.29 is 4.79 Å². The van der Waals surface area contributed by atoms with Gasteiger partial charge in [-0.1, -0.05) is 31.2 Å². The minimum Gasteiger partial charge on any atom is -0.360 e. The van der Waals surface area contributed by atoms with Gasteiger partial charge in [0.25, 0.3) is 0 Å². The van der Waals surface area contributed by atoms with Gasteiger partial charge in [0.05, 0.1) is 23.3 Å². The first-order valence-corrected chi connectivity index (χ1v) is 14.8. The predicted octanol–water partition coefficient (Wildman–Crippen LogP) is 5.54. The van der Waals surface area contributed by atoms with Crippen molar-refractivity contribution in [3.8, 4) is 11.3 Å². The lowest BCUT2D eigenvalue weighted by molar-refractivity contribution is -0.111. The molecule has 2 atom stereocenters. The number of anilines is 2. The lowest BCUT2D eigenvalue weighted by Gasteiger charge is -2.39. The Balaban J connectivity index is 1.19. The van der Waals surface area contributed by atoms with Crippen molar-refractivity contribution in [1.82, 2.24) is 30.2 Å². The first kappa shape index (κ1) is 29.4. The topological polar surface area (TPSA) is 111 Å². The zero-order valence-corrected chi connectivity index (χ0v) is 25.1. The molecule has 0 radical (unpaired) electrons. The highest BCUT2D eigenvalue weighted by molar-refractivity contribution is 5.99. The largest absolute Gasteiger partial charge is 0.360 e. The summed E-state index contributed by atoms with van der Waals surface area (Å²) in [4.78, 5) is 31.8. The van der Waals surface area contributed by atoms with E-state index in [1.54, 1.807) is 12.3 Å². The summed E-state index contributed by atoms with van der Waals surface area (Å²) in [5.74, 6) is 0.525. The molecule has 1 aromatic carbocycles. The number of aromatic nitrogens is 4. The second kappa shape index (κ2) is 13.3. The van der Waals surface area contributed by atoms with E-state index < -0.39 is 0 Å². The Morgan fingerprint density at radius 1 is 1.17 bits per heavy atom. The van der Waals surface area contributed by atoms with E-state index in [1.165, 1.54) is 5.39 Å². The van der Waals surface area contributed by atoms with Crippen LogP contribution in [-0.2, 0) is 17.8 Å².